The van der Waals surface area contributed by atoms with Gasteiger partial charge in [0, 0.05) is 23.2 Å². The molecule has 4 aromatic rings. The minimum Gasteiger partial charge on any atom is -0.444 e. The second kappa shape index (κ2) is 11.6. The maximum absolute atomic E-state index is 13.0. The molecule has 2 aliphatic carbocycles. The van der Waals surface area contributed by atoms with Crippen LogP contribution < -0.4 is 16.8 Å². The summed E-state index contributed by atoms with van der Waals surface area (Å²) in [4.78, 5) is 30.8. The van der Waals surface area contributed by atoms with E-state index in [1.807, 2.05) is 63.4 Å². The van der Waals surface area contributed by atoms with Crippen molar-refractivity contribution < 1.29 is 9.53 Å². The van der Waals surface area contributed by atoms with E-state index in [9.17, 15) is 4.79 Å². The van der Waals surface area contributed by atoms with Gasteiger partial charge in [-0.3, -0.25) is 4.90 Å². The lowest BCUT2D eigenvalue weighted by molar-refractivity contribution is 0.0195. The van der Waals surface area contributed by atoms with E-state index in [2.05, 4.69) is 52.9 Å². The molecule has 10 nitrogen and oxygen atoms in total. The number of rotatable bonds is 9. The number of amides is 1. The van der Waals surface area contributed by atoms with Crippen molar-refractivity contribution in [3.05, 3.63) is 60.4 Å². The highest BCUT2D eigenvalue weighted by Crippen LogP contribution is 2.44. The molecule has 45 heavy (non-hydrogen) atoms. The number of carbonyl (C=O) groups is 1. The average Bonchev–Trinajstić information content (AvgIpc) is 3.52. The molecule has 6 rings (SSSR count). The van der Waals surface area contributed by atoms with Gasteiger partial charge in [-0.2, -0.15) is 0 Å². The highest BCUT2D eigenvalue weighted by Gasteiger charge is 2.50. The lowest BCUT2D eigenvalue weighted by atomic mass is 9.97. The Morgan fingerprint density at radius 1 is 0.822 bits per heavy atom. The van der Waals surface area contributed by atoms with Gasteiger partial charge in [0.25, 0.3) is 0 Å². The first kappa shape index (κ1) is 30.7. The minimum atomic E-state index is -0.561. The van der Waals surface area contributed by atoms with Gasteiger partial charge in [0.2, 0.25) is 0 Å². The number of carbonyl (C=O) groups excluding carboxylic acids is 1. The molecule has 1 amide bonds. The Labute approximate surface area is 265 Å². The first-order valence-corrected chi connectivity index (χ1v) is 15.9. The van der Waals surface area contributed by atoms with Crippen molar-refractivity contribution in [2.24, 2.45) is 23.7 Å². The third kappa shape index (κ3) is 6.29. The molecule has 7 N–H and O–H groups in total. The monoisotopic (exact) mass is 610 g/mol. The van der Waals surface area contributed by atoms with Crippen molar-refractivity contribution in [1.82, 2.24) is 30.2 Å². The van der Waals surface area contributed by atoms with Gasteiger partial charge in [0.1, 0.15) is 17.2 Å². The summed E-state index contributed by atoms with van der Waals surface area (Å²) in [5.41, 5.74) is 19.0. The Hall–Kier alpha value is -4.31. The molecule has 10 heteroatoms. The minimum absolute atomic E-state index is 0.143. The quantitative estimate of drug-likeness (QED) is 0.137. The fraction of sp³-hybridized carbons (Fsp3) is 0.457. The van der Waals surface area contributed by atoms with E-state index in [0.29, 0.717) is 60.0 Å². The largest absolute Gasteiger partial charge is 0.444 e. The molecule has 2 aliphatic rings. The molecule has 0 aliphatic heterocycles. The average molecular weight is 611 g/mol. The van der Waals surface area contributed by atoms with E-state index in [-0.39, 0.29) is 12.1 Å². The van der Waals surface area contributed by atoms with Gasteiger partial charge in [0.15, 0.2) is 0 Å². The molecule has 2 saturated carbocycles. The number of nitrogens with two attached hydrogens (primary N) is 2. The Balaban J connectivity index is 1.14. The Bertz CT molecular complexity index is 1670. The summed E-state index contributed by atoms with van der Waals surface area (Å²) < 4.78 is 5.71. The van der Waals surface area contributed by atoms with Gasteiger partial charge in [-0.25, -0.2) is 14.8 Å². The number of nitrogens with zero attached hydrogens (tertiary/aromatic N) is 3. The van der Waals surface area contributed by atoms with Crippen LogP contribution >= 0.6 is 0 Å². The van der Waals surface area contributed by atoms with Crippen molar-refractivity contribution in [2.75, 3.05) is 11.5 Å². The predicted octanol–water partition coefficient (Wildman–Crippen LogP) is 6.43. The third-order valence-electron chi connectivity index (χ3n) is 9.74. The van der Waals surface area contributed by atoms with Crippen LogP contribution in [0.5, 0.6) is 0 Å². The van der Waals surface area contributed by atoms with Gasteiger partial charge in [-0.05, 0) is 61.6 Å². The Morgan fingerprint density at radius 2 is 1.38 bits per heavy atom. The van der Waals surface area contributed by atoms with Crippen LogP contribution in [0.2, 0.25) is 0 Å². The number of ether oxygens (including phenoxy) is 1. The molecule has 0 saturated heterocycles. The van der Waals surface area contributed by atoms with E-state index in [1.165, 1.54) is 0 Å². The van der Waals surface area contributed by atoms with Crippen molar-refractivity contribution in [2.45, 2.75) is 79.2 Å². The second-order valence-corrected chi connectivity index (χ2v) is 14.0. The van der Waals surface area contributed by atoms with Crippen molar-refractivity contribution in [3.63, 3.8) is 0 Å². The lowest BCUT2D eigenvalue weighted by Gasteiger charge is -2.27. The molecule has 0 bridgehead atoms. The number of nitrogen functional groups attached to an aromatic ring is 2. The molecular weight excluding hydrogens is 564 g/mol. The molecule has 2 aromatic heterocycles. The highest BCUT2D eigenvalue weighted by atomic mass is 16.6. The van der Waals surface area contributed by atoms with Crippen LogP contribution in [0.25, 0.3) is 33.6 Å². The van der Waals surface area contributed by atoms with E-state index in [0.717, 1.165) is 39.5 Å². The van der Waals surface area contributed by atoms with E-state index >= 15 is 0 Å². The number of imidazole rings is 2. The van der Waals surface area contributed by atoms with Gasteiger partial charge in [-0.15, -0.1) is 0 Å². The lowest BCUT2D eigenvalue weighted by Crippen LogP contribution is -2.39. The smallest absolute Gasteiger partial charge is 0.410 e. The zero-order valence-corrected chi connectivity index (χ0v) is 27.3. The maximum Gasteiger partial charge on any atom is 0.410 e. The fourth-order valence-corrected chi connectivity index (χ4v) is 6.36. The molecule has 238 valence electrons. The summed E-state index contributed by atoms with van der Waals surface area (Å²) >= 11 is 0. The zero-order chi connectivity index (χ0) is 32.2. The van der Waals surface area contributed by atoms with Crippen LogP contribution in [0.1, 0.15) is 60.1 Å². The molecule has 0 spiro atoms. The van der Waals surface area contributed by atoms with Crippen LogP contribution in [-0.2, 0) is 17.8 Å². The SMILES string of the molecule is C[C@@H]1C(NCc2ncc(-c3ccc(-c4ccc(-c5cnc(CN(C(=O)OC(C)(C)C)C6[C@@H](C)[C@H]6C)[nH]5)cc4)c(N)c3N)[nH]2)[C@@H]1C. The number of H-pyrrole nitrogens is 2. The van der Waals surface area contributed by atoms with Gasteiger partial charge in [-0.1, -0.05) is 58.0 Å². The number of aromatic amines is 2. The number of hydrogen-bond donors (Lipinski definition) is 5. The fourth-order valence-electron chi connectivity index (χ4n) is 6.36. The topological polar surface area (TPSA) is 151 Å². The van der Waals surface area contributed by atoms with Crippen LogP contribution in [0.3, 0.4) is 0 Å². The summed E-state index contributed by atoms with van der Waals surface area (Å²) in [5, 5.41) is 3.56. The van der Waals surface area contributed by atoms with Gasteiger partial charge >= 0.3 is 6.09 Å². The third-order valence-corrected chi connectivity index (χ3v) is 9.74. The first-order chi connectivity index (χ1) is 21.3. The van der Waals surface area contributed by atoms with Crippen LogP contribution in [-0.4, -0.2) is 48.6 Å². The predicted molar refractivity (Wildman–Crippen MR) is 179 cm³/mol. The summed E-state index contributed by atoms with van der Waals surface area (Å²) in [6.45, 7) is 15.6. The van der Waals surface area contributed by atoms with Crippen molar-refractivity contribution in [3.8, 4) is 33.6 Å². The second-order valence-electron chi connectivity index (χ2n) is 14.0. The van der Waals surface area contributed by atoms with E-state index in [4.69, 9.17) is 16.2 Å². The standard InChI is InChI=1S/C35H46N8O2/c1-18-19(2)32(18)40-16-28-38-15-27(42-28)25-13-12-24(30(36)31(25)37)22-8-10-23(11-9-22)26-14-39-29(41-26)17-43(33-20(3)21(33)4)34(44)45-35(5,6)7/h8-15,18-21,32-33,40H,16-17,36-37H2,1-7H3,(H,38,42)(H,39,41)/t18-,19+,20-,21+,32?,33?. The summed E-state index contributed by atoms with van der Waals surface area (Å²) in [7, 11) is 0. The highest BCUT2D eigenvalue weighted by molar-refractivity contribution is 5.93. The van der Waals surface area contributed by atoms with Crippen LogP contribution in [0.4, 0.5) is 16.2 Å². The molecule has 6 atom stereocenters. The molecule has 2 fully saturated rings. The van der Waals surface area contributed by atoms with E-state index in [1.54, 1.807) is 11.1 Å². The number of benzene rings is 2. The summed E-state index contributed by atoms with van der Waals surface area (Å²) in [6.07, 6.45) is 3.31. The number of aromatic nitrogens is 4. The Morgan fingerprint density at radius 3 is 2.00 bits per heavy atom. The molecular formula is C35H46N8O2. The number of hydrogen-bond acceptors (Lipinski definition) is 7. The number of nitrogens with one attached hydrogen (secondary N) is 3. The molecule has 2 aromatic carbocycles. The number of anilines is 2. The van der Waals surface area contributed by atoms with Gasteiger partial charge in [0.05, 0.1) is 48.2 Å². The van der Waals surface area contributed by atoms with Crippen LogP contribution in [0.15, 0.2) is 48.8 Å². The maximum atomic E-state index is 13.0. The van der Waals surface area contributed by atoms with E-state index < -0.39 is 5.60 Å². The zero-order valence-electron chi connectivity index (χ0n) is 27.3. The Kier molecular flexibility index (Phi) is 7.89. The van der Waals surface area contributed by atoms with Crippen molar-refractivity contribution in [1.29, 1.82) is 0 Å². The van der Waals surface area contributed by atoms with Crippen molar-refractivity contribution >= 4 is 17.5 Å². The summed E-state index contributed by atoms with van der Waals surface area (Å²) in [5.74, 6) is 3.85. The first-order valence-electron chi connectivity index (χ1n) is 15.9. The van der Waals surface area contributed by atoms with Gasteiger partial charge < -0.3 is 31.5 Å². The van der Waals surface area contributed by atoms with Crippen LogP contribution in [0, 0.1) is 23.7 Å². The molecule has 2 heterocycles. The normalized spacial score (nSPS) is 24.0. The summed E-state index contributed by atoms with van der Waals surface area (Å²) in [6, 6.07) is 12.8. The molecule has 2 unspecified atom stereocenters. The molecule has 0 radical (unpaired) electrons.